The fourth-order valence-corrected chi connectivity index (χ4v) is 4.26. The highest BCUT2D eigenvalue weighted by molar-refractivity contribution is 5.95. The Balaban J connectivity index is 1.30. The van der Waals surface area contributed by atoms with Crippen LogP contribution >= 0.6 is 0 Å². The fraction of sp³-hybridized carbons (Fsp3) is 0.250. The summed E-state index contributed by atoms with van der Waals surface area (Å²) in [5.41, 5.74) is 9.68. The number of hydrogen-bond donors (Lipinski definition) is 2. The zero-order valence-corrected chi connectivity index (χ0v) is 20.2. The molecule has 0 aliphatic heterocycles. The number of halogens is 3. The standard InChI is InChI=1S/C28H26F3N5O/c1-17(18-2-4-19(5-3-18)26-11-24(28(29,30)31)7-6-20(26)12-32)35-27(37)22-10-21(13-33-14-22)23-15-34-36(16-23)25-8-9-25/h2-7,10-11,13-17,25H,8-9,12,32H2,1H3,(H,35,37)/t17-/m1/s1. The van der Waals surface area contributed by atoms with Crippen molar-refractivity contribution in [2.75, 3.05) is 0 Å². The summed E-state index contributed by atoms with van der Waals surface area (Å²) in [6.07, 6.45) is 4.80. The monoisotopic (exact) mass is 505 g/mol. The number of benzene rings is 2. The van der Waals surface area contributed by atoms with Crippen LogP contribution in [0.3, 0.4) is 0 Å². The molecule has 4 aromatic rings. The van der Waals surface area contributed by atoms with Crippen LogP contribution < -0.4 is 11.1 Å². The number of amides is 1. The van der Waals surface area contributed by atoms with Crippen molar-refractivity contribution in [2.45, 2.75) is 44.6 Å². The van der Waals surface area contributed by atoms with E-state index < -0.39 is 11.7 Å². The summed E-state index contributed by atoms with van der Waals surface area (Å²) in [5.74, 6) is -0.274. The largest absolute Gasteiger partial charge is 0.416 e. The molecule has 6 nitrogen and oxygen atoms in total. The van der Waals surface area contributed by atoms with Crippen LogP contribution in [0.1, 0.15) is 58.9 Å². The van der Waals surface area contributed by atoms with Gasteiger partial charge in [0.15, 0.2) is 0 Å². The lowest BCUT2D eigenvalue weighted by molar-refractivity contribution is -0.137. The van der Waals surface area contributed by atoms with Gasteiger partial charge < -0.3 is 11.1 Å². The Bertz CT molecular complexity index is 1420. The van der Waals surface area contributed by atoms with Crippen LogP contribution in [-0.4, -0.2) is 20.7 Å². The van der Waals surface area contributed by atoms with Gasteiger partial charge in [-0.15, -0.1) is 0 Å². The Labute approximate surface area is 212 Å². The van der Waals surface area contributed by atoms with Crippen molar-refractivity contribution >= 4 is 5.91 Å². The first kappa shape index (κ1) is 24.7. The maximum Gasteiger partial charge on any atom is 0.416 e. The Kier molecular flexibility index (Phi) is 6.55. The molecule has 5 rings (SSSR count). The number of carbonyl (C=O) groups is 1. The van der Waals surface area contributed by atoms with E-state index in [-0.39, 0.29) is 18.5 Å². The summed E-state index contributed by atoms with van der Waals surface area (Å²) in [5, 5.41) is 7.37. The Morgan fingerprint density at radius 1 is 1.05 bits per heavy atom. The Morgan fingerprint density at radius 3 is 2.49 bits per heavy atom. The molecule has 1 amide bonds. The molecule has 1 aliphatic carbocycles. The van der Waals surface area contributed by atoms with E-state index in [1.165, 1.54) is 12.3 Å². The molecule has 3 N–H and O–H groups in total. The predicted octanol–water partition coefficient (Wildman–Crippen LogP) is 5.92. The van der Waals surface area contributed by atoms with Gasteiger partial charge in [-0.05, 0) is 60.2 Å². The molecule has 0 radical (unpaired) electrons. The predicted molar refractivity (Wildman–Crippen MR) is 134 cm³/mol. The topological polar surface area (TPSA) is 85.8 Å². The molecule has 0 spiro atoms. The van der Waals surface area contributed by atoms with Crippen LogP contribution in [0.5, 0.6) is 0 Å². The minimum absolute atomic E-state index is 0.121. The lowest BCUT2D eigenvalue weighted by Gasteiger charge is -2.16. The van der Waals surface area contributed by atoms with Crippen molar-refractivity contribution in [1.29, 1.82) is 0 Å². The second kappa shape index (κ2) is 9.82. The molecular formula is C28H26F3N5O. The Hall–Kier alpha value is -3.98. The average Bonchev–Trinajstić information content (AvgIpc) is 3.64. The van der Waals surface area contributed by atoms with Gasteiger partial charge >= 0.3 is 6.18 Å². The molecule has 0 saturated heterocycles. The molecule has 1 atom stereocenters. The van der Waals surface area contributed by atoms with E-state index in [0.717, 1.165) is 41.7 Å². The molecule has 37 heavy (non-hydrogen) atoms. The van der Waals surface area contributed by atoms with Crippen LogP contribution in [0.25, 0.3) is 22.3 Å². The van der Waals surface area contributed by atoms with Crippen LogP contribution in [0.4, 0.5) is 13.2 Å². The van der Waals surface area contributed by atoms with Crippen molar-refractivity contribution < 1.29 is 18.0 Å². The molecule has 1 fully saturated rings. The minimum atomic E-state index is -4.44. The number of pyridine rings is 1. The molecule has 2 heterocycles. The van der Waals surface area contributed by atoms with Gasteiger partial charge in [-0.1, -0.05) is 30.3 Å². The zero-order valence-electron chi connectivity index (χ0n) is 20.2. The third-order valence-corrected chi connectivity index (χ3v) is 6.58. The maximum atomic E-state index is 13.2. The number of alkyl halides is 3. The normalized spacial score (nSPS) is 14.4. The molecule has 0 unspecified atom stereocenters. The molecule has 1 aliphatic rings. The number of nitrogens with two attached hydrogens (primary N) is 1. The highest BCUT2D eigenvalue weighted by Crippen LogP contribution is 2.36. The van der Waals surface area contributed by atoms with E-state index in [1.807, 2.05) is 17.8 Å². The summed E-state index contributed by atoms with van der Waals surface area (Å²) >= 11 is 0. The fourth-order valence-electron chi connectivity index (χ4n) is 4.26. The van der Waals surface area contributed by atoms with Crippen molar-refractivity contribution in [3.63, 3.8) is 0 Å². The summed E-state index contributed by atoms with van der Waals surface area (Å²) in [6, 6.07) is 12.6. The number of carbonyl (C=O) groups excluding carboxylic acids is 1. The van der Waals surface area contributed by atoms with E-state index in [4.69, 9.17) is 5.73 Å². The number of rotatable bonds is 7. The van der Waals surface area contributed by atoms with Gasteiger partial charge in [0.1, 0.15) is 0 Å². The quantitative estimate of drug-likeness (QED) is 0.327. The zero-order chi connectivity index (χ0) is 26.2. The third kappa shape index (κ3) is 5.41. The van der Waals surface area contributed by atoms with Gasteiger partial charge in [0.25, 0.3) is 5.91 Å². The summed E-state index contributed by atoms with van der Waals surface area (Å²) in [7, 11) is 0. The number of aromatic nitrogens is 3. The highest BCUT2D eigenvalue weighted by atomic mass is 19.4. The van der Waals surface area contributed by atoms with Crippen LogP contribution in [0.15, 0.2) is 73.3 Å². The molecule has 0 bridgehead atoms. The van der Waals surface area contributed by atoms with Gasteiger partial charge in [0, 0.05) is 36.3 Å². The molecule has 2 aromatic heterocycles. The highest BCUT2D eigenvalue weighted by Gasteiger charge is 2.31. The van der Waals surface area contributed by atoms with Crippen LogP contribution in [0, 0.1) is 0 Å². The maximum absolute atomic E-state index is 13.2. The molecule has 9 heteroatoms. The van der Waals surface area contributed by atoms with Gasteiger partial charge in [0.05, 0.1) is 29.4 Å². The number of nitrogens with one attached hydrogen (secondary N) is 1. The van der Waals surface area contributed by atoms with Crippen molar-refractivity contribution in [3.8, 4) is 22.3 Å². The second-order valence-corrected chi connectivity index (χ2v) is 9.29. The summed E-state index contributed by atoms with van der Waals surface area (Å²) in [4.78, 5) is 17.2. The van der Waals surface area contributed by atoms with E-state index in [1.54, 1.807) is 42.7 Å². The third-order valence-electron chi connectivity index (χ3n) is 6.58. The van der Waals surface area contributed by atoms with Gasteiger partial charge in [-0.3, -0.25) is 14.5 Å². The average molecular weight is 506 g/mol. The van der Waals surface area contributed by atoms with E-state index in [2.05, 4.69) is 15.4 Å². The number of nitrogens with zero attached hydrogens (tertiary/aromatic N) is 3. The Morgan fingerprint density at radius 2 is 1.81 bits per heavy atom. The lowest BCUT2D eigenvalue weighted by Crippen LogP contribution is -2.26. The SMILES string of the molecule is C[C@@H](NC(=O)c1cncc(-c2cnn(C3CC3)c2)c1)c1ccc(-c2cc(C(F)(F)F)ccc2CN)cc1. The van der Waals surface area contributed by atoms with Crippen LogP contribution in [0.2, 0.25) is 0 Å². The molecule has 1 saturated carbocycles. The van der Waals surface area contributed by atoms with Crippen molar-refractivity contribution in [3.05, 3.63) is 95.6 Å². The van der Waals surface area contributed by atoms with E-state index in [0.29, 0.717) is 28.3 Å². The molecule has 2 aromatic carbocycles. The number of hydrogen-bond acceptors (Lipinski definition) is 4. The van der Waals surface area contributed by atoms with E-state index in [9.17, 15) is 18.0 Å². The van der Waals surface area contributed by atoms with Crippen molar-refractivity contribution in [1.82, 2.24) is 20.1 Å². The minimum Gasteiger partial charge on any atom is -0.345 e. The molecular weight excluding hydrogens is 479 g/mol. The first-order valence-electron chi connectivity index (χ1n) is 12.0. The second-order valence-electron chi connectivity index (χ2n) is 9.29. The first-order chi connectivity index (χ1) is 17.7. The van der Waals surface area contributed by atoms with E-state index >= 15 is 0 Å². The van der Waals surface area contributed by atoms with Crippen molar-refractivity contribution in [2.24, 2.45) is 5.73 Å². The summed E-state index contributed by atoms with van der Waals surface area (Å²) in [6.45, 7) is 1.97. The first-order valence-corrected chi connectivity index (χ1v) is 12.0. The van der Waals surface area contributed by atoms with Crippen LogP contribution in [-0.2, 0) is 12.7 Å². The van der Waals surface area contributed by atoms with Gasteiger partial charge in [-0.2, -0.15) is 18.3 Å². The van der Waals surface area contributed by atoms with Gasteiger partial charge in [-0.25, -0.2) is 0 Å². The lowest BCUT2D eigenvalue weighted by atomic mass is 9.95. The summed E-state index contributed by atoms with van der Waals surface area (Å²) < 4.78 is 41.6. The smallest absolute Gasteiger partial charge is 0.345 e. The molecule has 190 valence electrons. The van der Waals surface area contributed by atoms with Gasteiger partial charge in [0.2, 0.25) is 0 Å².